The number of carbonyl (C=O) groups excluding carboxylic acids is 8. The summed E-state index contributed by atoms with van der Waals surface area (Å²) < 4.78 is 0. The van der Waals surface area contributed by atoms with E-state index in [4.69, 9.17) is 11.5 Å². The molecule has 0 aliphatic rings. The monoisotopic (exact) mass is 1020 g/mol. The maximum absolute atomic E-state index is 14.6. The lowest BCUT2D eigenvalue weighted by molar-refractivity contribution is -0.141. The van der Waals surface area contributed by atoms with Crippen molar-refractivity contribution in [2.45, 2.75) is 108 Å². The van der Waals surface area contributed by atoms with E-state index in [-0.39, 0.29) is 37.9 Å². The molecule has 74 heavy (non-hydrogen) atoms. The van der Waals surface area contributed by atoms with Crippen molar-refractivity contribution >= 4 is 64.1 Å². The lowest BCUT2D eigenvalue weighted by Gasteiger charge is -2.27. The lowest BCUT2D eigenvalue weighted by Crippen LogP contribution is -2.60. The topological polar surface area (TPSA) is 346 Å². The van der Waals surface area contributed by atoms with E-state index in [1.165, 1.54) is 19.1 Å². The van der Waals surface area contributed by atoms with Crippen LogP contribution in [-0.4, -0.2) is 117 Å². The van der Waals surface area contributed by atoms with Crippen molar-refractivity contribution < 1.29 is 53.4 Å². The minimum absolute atomic E-state index is 0.0117. The van der Waals surface area contributed by atoms with Crippen LogP contribution in [0, 0.1) is 0 Å². The number of aromatic nitrogens is 1. The molecule has 21 heteroatoms. The summed E-state index contributed by atoms with van der Waals surface area (Å²) in [6.45, 7) is 2.64. The number of carboxylic acid groups (broad SMARTS) is 1. The van der Waals surface area contributed by atoms with Gasteiger partial charge >= 0.3 is 5.97 Å². The average Bonchev–Trinajstić information content (AvgIpc) is 3.79. The van der Waals surface area contributed by atoms with Gasteiger partial charge in [0.1, 0.15) is 42.0 Å². The number of primary amides is 1. The van der Waals surface area contributed by atoms with Crippen molar-refractivity contribution in [2.24, 2.45) is 11.5 Å². The van der Waals surface area contributed by atoms with Gasteiger partial charge in [-0.3, -0.25) is 43.2 Å². The zero-order valence-corrected chi connectivity index (χ0v) is 41.1. The number of H-pyrrole nitrogens is 1. The van der Waals surface area contributed by atoms with Crippen LogP contribution in [0.4, 0.5) is 0 Å². The Morgan fingerprint density at radius 1 is 0.568 bits per heavy atom. The minimum atomic E-state index is -1.70. The van der Waals surface area contributed by atoms with Crippen LogP contribution in [0.15, 0.2) is 115 Å². The van der Waals surface area contributed by atoms with Crippen molar-refractivity contribution in [3.63, 3.8) is 0 Å². The first kappa shape index (κ1) is 56.3. The number of rotatable bonds is 28. The third kappa shape index (κ3) is 17.6. The molecular weight excluding hydrogens is 953 g/mol. The number of para-hydroxylation sites is 1. The highest BCUT2D eigenvalue weighted by Crippen LogP contribution is 2.20. The second-order valence-corrected chi connectivity index (χ2v) is 17.9. The van der Waals surface area contributed by atoms with E-state index in [9.17, 15) is 53.4 Å². The average molecular weight is 1020 g/mol. The van der Waals surface area contributed by atoms with Crippen molar-refractivity contribution in [1.29, 1.82) is 0 Å². The van der Waals surface area contributed by atoms with E-state index in [1.807, 2.05) is 25.1 Å². The van der Waals surface area contributed by atoms with Crippen LogP contribution in [0.3, 0.4) is 0 Å². The van der Waals surface area contributed by atoms with Crippen molar-refractivity contribution in [3.05, 3.63) is 138 Å². The predicted octanol–water partition coefficient (Wildman–Crippen LogP) is 0.667. The molecule has 1 heterocycles. The van der Waals surface area contributed by atoms with Gasteiger partial charge in [0.05, 0.1) is 19.0 Å². The van der Waals surface area contributed by atoms with Crippen LogP contribution in [0.2, 0.25) is 0 Å². The first-order valence-corrected chi connectivity index (χ1v) is 24.2. The molecule has 0 fully saturated rings. The van der Waals surface area contributed by atoms with Gasteiger partial charge in [0.15, 0.2) is 0 Å². The standard InChI is InChI=1S/C53H64N10O11/c1-3-4-18-40(50(71)63-44(28-46(66)67)53(74)61-41(47(55)68)25-32-13-7-5-8-14-32)60-52(73)43(27-35-29-56-39-19-12-11-17-37(35)39)62-51(72)42(26-33-15-9-6-10-16-33)59-45(65)30-57-48(69)31(2)58-49(70)38(54)24-34-20-22-36(64)23-21-34/h5-17,19-23,29,31,38,40-44,56,64H,3-4,18,24-28,30,54H2,1-2H3,(H2,55,68)(H,57,69)(H,58,70)(H,59,65)(H,60,73)(H,61,74)(H,62,72)(H,63,71)(H,66,67)/t31-,38+,40+,41+,42+,43-,44+/m1/s1. The second kappa shape index (κ2) is 27.9. The molecule has 21 nitrogen and oxygen atoms in total. The molecule has 0 saturated carbocycles. The summed E-state index contributed by atoms with van der Waals surface area (Å²) >= 11 is 0. The number of phenolic OH excluding ortho intramolecular Hbond substituents is 1. The number of hydrogen-bond donors (Lipinski definition) is 12. The van der Waals surface area contributed by atoms with Crippen LogP contribution in [-0.2, 0) is 68.8 Å². The molecule has 8 amide bonds. The summed E-state index contributed by atoms with van der Waals surface area (Å²) in [6, 6.07) is 21.5. The predicted molar refractivity (Wildman–Crippen MR) is 273 cm³/mol. The fourth-order valence-electron chi connectivity index (χ4n) is 7.94. The molecule has 5 aromatic rings. The Kier molecular flexibility index (Phi) is 21.2. The summed E-state index contributed by atoms with van der Waals surface area (Å²) in [4.78, 5) is 124. The highest BCUT2D eigenvalue weighted by Gasteiger charge is 2.34. The Morgan fingerprint density at radius 2 is 1.08 bits per heavy atom. The summed E-state index contributed by atoms with van der Waals surface area (Å²) in [5, 5.41) is 38.0. The Morgan fingerprint density at radius 3 is 1.69 bits per heavy atom. The molecule has 0 aliphatic heterocycles. The van der Waals surface area contributed by atoms with Gasteiger partial charge in [-0.2, -0.15) is 0 Å². The van der Waals surface area contributed by atoms with Crippen LogP contribution >= 0.6 is 0 Å². The molecule has 0 saturated heterocycles. The zero-order valence-electron chi connectivity index (χ0n) is 41.1. The normalized spacial score (nSPS) is 13.8. The molecule has 0 radical (unpaired) electrons. The SMILES string of the molecule is CCCC[C@H](NC(=O)[C@@H](Cc1c[nH]c2ccccc12)NC(=O)[C@H](Cc1ccccc1)NC(=O)CNC(=O)[C@@H](C)NC(=O)[C@@H](N)Cc1ccc(O)cc1)C(=O)N[C@@H](CC(=O)O)C(=O)N[C@@H](Cc1ccccc1)C(N)=O. The molecule has 0 bridgehead atoms. The van der Waals surface area contributed by atoms with Crippen LogP contribution in [0.25, 0.3) is 10.9 Å². The zero-order chi connectivity index (χ0) is 53.7. The minimum Gasteiger partial charge on any atom is -0.508 e. The van der Waals surface area contributed by atoms with E-state index in [0.29, 0.717) is 35.1 Å². The molecule has 4 aromatic carbocycles. The highest BCUT2D eigenvalue weighted by atomic mass is 16.4. The van der Waals surface area contributed by atoms with Crippen molar-refractivity contribution in [2.75, 3.05) is 6.54 Å². The molecule has 0 aliphatic carbocycles. The van der Waals surface area contributed by atoms with E-state index in [0.717, 1.165) is 10.9 Å². The molecule has 0 spiro atoms. The first-order chi connectivity index (χ1) is 35.4. The number of fused-ring (bicyclic) bond motifs is 1. The Hall–Kier alpha value is -8.59. The number of carbonyl (C=O) groups is 9. The molecule has 5 rings (SSSR count). The van der Waals surface area contributed by atoms with Gasteiger partial charge in [-0.15, -0.1) is 0 Å². The number of nitrogens with one attached hydrogen (secondary N) is 8. The molecule has 7 atom stereocenters. The van der Waals surface area contributed by atoms with Crippen LogP contribution in [0.5, 0.6) is 5.75 Å². The fourth-order valence-corrected chi connectivity index (χ4v) is 7.94. The van der Waals surface area contributed by atoms with Gasteiger partial charge in [0.2, 0.25) is 47.3 Å². The molecule has 392 valence electrons. The van der Waals surface area contributed by atoms with Gasteiger partial charge in [-0.25, -0.2) is 0 Å². The number of nitrogens with two attached hydrogens (primary N) is 2. The number of aromatic hydroxyl groups is 1. The summed E-state index contributed by atoms with van der Waals surface area (Å²) in [5.74, 6) is -7.97. The smallest absolute Gasteiger partial charge is 0.305 e. The maximum Gasteiger partial charge on any atom is 0.305 e. The van der Waals surface area contributed by atoms with Gasteiger partial charge in [0, 0.05) is 36.4 Å². The largest absolute Gasteiger partial charge is 0.508 e. The van der Waals surface area contributed by atoms with Gasteiger partial charge in [-0.05, 0) is 60.2 Å². The molecule has 1 aromatic heterocycles. The first-order valence-electron chi connectivity index (χ1n) is 24.2. The summed E-state index contributed by atoms with van der Waals surface area (Å²) in [7, 11) is 0. The van der Waals surface area contributed by atoms with Gasteiger partial charge in [-0.1, -0.05) is 111 Å². The van der Waals surface area contributed by atoms with Gasteiger partial charge < -0.3 is 63.9 Å². The summed E-state index contributed by atoms with van der Waals surface area (Å²) in [5.41, 5.74) is 15.0. The Balaban J connectivity index is 1.32. The third-order valence-electron chi connectivity index (χ3n) is 12.0. The molecular formula is C53H64N10O11. The van der Waals surface area contributed by atoms with Crippen LogP contribution < -0.4 is 48.7 Å². The number of carboxylic acids is 1. The van der Waals surface area contributed by atoms with Crippen molar-refractivity contribution in [1.82, 2.24) is 42.2 Å². The van der Waals surface area contributed by atoms with E-state index in [1.54, 1.807) is 85.1 Å². The van der Waals surface area contributed by atoms with Crippen molar-refractivity contribution in [3.8, 4) is 5.75 Å². The van der Waals surface area contributed by atoms with E-state index in [2.05, 4.69) is 42.2 Å². The van der Waals surface area contributed by atoms with Gasteiger partial charge in [0.25, 0.3) is 0 Å². The molecule has 0 unspecified atom stereocenters. The number of aromatic amines is 1. The fraction of sp³-hybridized carbons (Fsp3) is 0.340. The number of hydrogen-bond acceptors (Lipinski definition) is 11. The number of phenols is 1. The third-order valence-corrected chi connectivity index (χ3v) is 12.0. The quantitative estimate of drug-likeness (QED) is 0.0329. The number of amides is 8. The maximum atomic E-state index is 14.6. The molecule has 14 N–H and O–H groups in total. The summed E-state index contributed by atoms with van der Waals surface area (Å²) in [6.07, 6.45) is 1.73. The lowest BCUT2D eigenvalue weighted by atomic mass is 10.0. The Labute approximate surface area is 427 Å². The number of benzene rings is 4. The van der Waals surface area contributed by atoms with E-state index < -0.39 is 108 Å². The Bertz CT molecular complexity index is 2740. The number of aliphatic carboxylic acids is 1. The van der Waals surface area contributed by atoms with Crippen LogP contribution in [0.1, 0.15) is 61.8 Å². The number of unbranched alkanes of at least 4 members (excludes halogenated alkanes) is 1. The van der Waals surface area contributed by atoms with E-state index >= 15 is 0 Å². The highest BCUT2D eigenvalue weighted by molar-refractivity contribution is 5.98. The second-order valence-electron chi connectivity index (χ2n) is 17.9.